The van der Waals surface area contributed by atoms with E-state index in [0.717, 1.165) is 17.7 Å². The van der Waals surface area contributed by atoms with Crippen LogP contribution >= 0.6 is 0 Å². The van der Waals surface area contributed by atoms with Crippen molar-refractivity contribution in [1.29, 1.82) is 0 Å². The van der Waals surface area contributed by atoms with E-state index in [-0.39, 0.29) is 28.0 Å². The van der Waals surface area contributed by atoms with Crippen molar-refractivity contribution in [3.05, 3.63) is 81.9 Å². The van der Waals surface area contributed by atoms with Gasteiger partial charge in [-0.1, -0.05) is 57.2 Å². The van der Waals surface area contributed by atoms with Crippen LogP contribution in [0.25, 0.3) is 22.6 Å². The van der Waals surface area contributed by atoms with Gasteiger partial charge in [0, 0.05) is 12.1 Å². The molecule has 0 saturated carbocycles. The van der Waals surface area contributed by atoms with E-state index in [2.05, 4.69) is 47.9 Å². The van der Waals surface area contributed by atoms with E-state index in [0.29, 0.717) is 6.54 Å². The van der Waals surface area contributed by atoms with E-state index >= 15 is 0 Å². The van der Waals surface area contributed by atoms with E-state index in [1.807, 2.05) is 12.1 Å². The number of aromatic nitrogens is 4. The van der Waals surface area contributed by atoms with Crippen LogP contribution in [0.3, 0.4) is 0 Å². The van der Waals surface area contributed by atoms with Crippen molar-refractivity contribution < 1.29 is 13.2 Å². The Hall–Kier alpha value is -3.42. The standard InChI is InChI=1S/C23H21F3N4O/c1-22(2,3)16-9-7-14(8-10-16)12-30-13-27-20-18(30)21(31)29-19(28-20)15-5-4-6-17(11-15)23(24,25)26/h4-11,13H,12H2,1-3H3,(H,28,29,31). The van der Waals surface area contributed by atoms with Gasteiger partial charge < -0.3 is 9.55 Å². The smallest absolute Gasteiger partial charge is 0.320 e. The molecule has 0 amide bonds. The molecule has 0 aliphatic heterocycles. The van der Waals surface area contributed by atoms with Crippen LogP contribution in [0.5, 0.6) is 0 Å². The molecule has 0 unspecified atom stereocenters. The van der Waals surface area contributed by atoms with Crippen molar-refractivity contribution >= 4 is 11.2 Å². The lowest BCUT2D eigenvalue weighted by molar-refractivity contribution is -0.137. The molecule has 8 heteroatoms. The maximum atomic E-state index is 13.0. The van der Waals surface area contributed by atoms with Crippen molar-refractivity contribution in [1.82, 2.24) is 19.5 Å². The van der Waals surface area contributed by atoms with Gasteiger partial charge in [-0.2, -0.15) is 13.2 Å². The van der Waals surface area contributed by atoms with Crippen molar-refractivity contribution in [3.63, 3.8) is 0 Å². The molecular formula is C23H21F3N4O. The maximum Gasteiger partial charge on any atom is 0.416 e. The Morgan fingerprint density at radius 3 is 2.35 bits per heavy atom. The lowest BCUT2D eigenvalue weighted by Gasteiger charge is -2.19. The number of H-pyrrole nitrogens is 1. The van der Waals surface area contributed by atoms with E-state index in [1.165, 1.54) is 24.0 Å². The van der Waals surface area contributed by atoms with Crippen LogP contribution in [0, 0.1) is 0 Å². The van der Waals surface area contributed by atoms with Gasteiger partial charge in [0.05, 0.1) is 11.9 Å². The summed E-state index contributed by atoms with van der Waals surface area (Å²) in [6.07, 6.45) is -2.97. The summed E-state index contributed by atoms with van der Waals surface area (Å²) in [4.78, 5) is 23.8. The lowest BCUT2D eigenvalue weighted by Crippen LogP contribution is -2.14. The number of hydrogen-bond acceptors (Lipinski definition) is 3. The van der Waals surface area contributed by atoms with Gasteiger partial charge in [-0.3, -0.25) is 4.79 Å². The van der Waals surface area contributed by atoms with Crippen molar-refractivity contribution in [3.8, 4) is 11.4 Å². The second-order valence-corrected chi connectivity index (χ2v) is 8.48. The molecule has 0 radical (unpaired) electrons. The third-order valence-electron chi connectivity index (χ3n) is 5.12. The molecule has 1 N–H and O–H groups in total. The fourth-order valence-electron chi connectivity index (χ4n) is 3.39. The van der Waals surface area contributed by atoms with Crippen molar-refractivity contribution in [2.45, 2.75) is 38.9 Å². The number of imidazole rings is 1. The number of benzene rings is 2. The highest BCUT2D eigenvalue weighted by Crippen LogP contribution is 2.31. The maximum absolute atomic E-state index is 13.0. The van der Waals surface area contributed by atoms with Gasteiger partial charge in [0.2, 0.25) is 0 Å². The average molecular weight is 426 g/mol. The quantitative estimate of drug-likeness (QED) is 0.493. The summed E-state index contributed by atoms with van der Waals surface area (Å²) in [5.41, 5.74) is 1.60. The van der Waals surface area contributed by atoms with E-state index < -0.39 is 17.3 Å². The fraction of sp³-hybridized carbons (Fsp3) is 0.261. The monoisotopic (exact) mass is 426 g/mol. The topological polar surface area (TPSA) is 63.6 Å². The second-order valence-electron chi connectivity index (χ2n) is 8.48. The van der Waals surface area contributed by atoms with Gasteiger partial charge in [-0.25, -0.2) is 9.97 Å². The molecule has 4 aromatic rings. The molecule has 2 aromatic carbocycles. The number of aromatic amines is 1. The number of halogens is 3. The van der Waals surface area contributed by atoms with Gasteiger partial charge in [-0.05, 0) is 28.7 Å². The normalized spacial score (nSPS) is 12.5. The molecule has 0 aliphatic rings. The van der Waals surface area contributed by atoms with E-state index in [4.69, 9.17) is 0 Å². The Kier molecular flexibility index (Phi) is 4.95. The van der Waals surface area contributed by atoms with Crippen LogP contribution in [-0.2, 0) is 18.1 Å². The number of alkyl halides is 3. The minimum absolute atomic E-state index is 0.0428. The van der Waals surface area contributed by atoms with Crippen LogP contribution in [0.1, 0.15) is 37.5 Å². The van der Waals surface area contributed by atoms with Gasteiger partial charge in [0.25, 0.3) is 5.56 Å². The molecule has 0 saturated heterocycles. The van der Waals surface area contributed by atoms with E-state index in [9.17, 15) is 18.0 Å². The molecule has 2 heterocycles. The molecule has 160 valence electrons. The Labute approximate surface area is 176 Å². The third-order valence-corrected chi connectivity index (χ3v) is 5.12. The van der Waals surface area contributed by atoms with Crippen LogP contribution in [0.2, 0.25) is 0 Å². The zero-order chi connectivity index (χ0) is 22.4. The molecule has 5 nitrogen and oxygen atoms in total. The van der Waals surface area contributed by atoms with Crippen molar-refractivity contribution in [2.75, 3.05) is 0 Å². The Morgan fingerprint density at radius 1 is 1.00 bits per heavy atom. The molecule has 0 aliphatic carbocycles. The molecular weight excluding hydrogens is 405 g/mol. The molecule has 0 atom stereocenters. The minimum Gasteiger partial charge on any atom is -0.320 e. The van der Waals surface area contributed by atoms with Crippen LogP contribution < -0.4 is 5.56 Å². The van der Waals surface area contributed by atoms with E-state index in [1.54, 1.807) is 4.57 Å². The summed E-state index contributed by atoms with van der Waals surface area (Å²) in [6.45, 7) is 6.84. The van der Waals surface area contributed by atoms with Crippen LogP contribution in [0.4, 0.5) is 13.2 Å². The van der Waals surface area contributed by atoms with Crippen LogP contribution in [-0.4, -0.2) is 19.5 Å². The fourth-order valence-corrected chi connectivity index (χ4v) is 3.39. The highest BCUT2D eigenvalue weighted by molar-refractivity contribution is 5.73. The first-order valence-electron chi connectivity index (χ1n) is 9.74. The SMILES string of the molecule is CC(C)(C)c1ccc(Cn2cnc3nc(-c4cccc(C(F)(F)F)c4)[nH]c(=O)c32)cc1. The van der Waals surface area contributed by atoms with Crippen molar-refractivity contribution in [2.24, 2.45) is 0 Å². The predicted octanol–water partition coefficient (Wildman–Crippen LogP) is 5.15. The number of fused-ring (bicyclic) bond motifs is 1. The zero-order valence-corrected chi connectivity index (χ0v) is 17.3. The summed E-state index contributed by atoms with van der Waals surface area (Å²) in [7, 11) is 0. The Morgan fingerprint density at radius 2 is 1.71 bits per heavy atom. The highest BCUT2D eigenvalue weighted by Gasteiger charge is 2.30. The van der Waals surface area contributed by atoms with Gasteiger partial charge in [0.1, 0.15) is 5.82 Å². The molecule has 0 fully saturated rings. The lowest BCUT2D eigenvalue weighted by atomic mass is 9.87. The summed E-state index contributed by atoms with van der Waals surface area (Å²) in [6, 6.07) is 12.8. The molecule has 31 heavy (non-hydrogen) atoms. The first kappa shape index (κ1) is 20.8. The molecule has 4 rings (SSSR count). The predicted molar refractivity (Wildman–Crippen MR) is 113 cm³/mol. The molecule has 2 aromatic heterocycles. The second kappa shape index (κ2) is 7.37. The van der Waals surface area contributed by atoms with Gasteiger partial charge in [0.15, 0.2) is 11.2 Å². The minimum atomic E-state index is -4.48. The number of hydrogen-bond donors (Lipinski definition) is 1. The molecule has 0 spiro atoms. The Bertz CT molecular complexity index is 1300. The summed E-state index contributed by atoms with van der Waals surface area (Å²) in [5.74, 6) is 0.0448. The van der Waals surface area contributed by atoms with Gasteiger partial charge >= 0.3 is 6.18 Å². The first-order chi connectivity index (χ1) is 14.5. The number of rotatable bonds is 3. The van der Waals surface area contributed by atoms with Crippen LogP contribution in [0.15, 0.2) is 59.7 Å². The third kappa shape index (κ3) is 4.23. The largest absolute Gasteiger partial charge is 0.416 e. The van der Waals surface area contributed by atoms with Gasteiger partial charge in [-0.15, -0.1) is 0 Å². The zero-order valence-electron chi connectivity index (χ0n) is 17.3. The average Bonchev–Trinajstić information content (AvgIpc) is 3.10. The highest BCUT2D eigenvalue weighted by atomic mass is 19.4. The first-order valence-corrected chi connectivity index (χ1v) is 9.74. The molecule has 0 bridgehead atoms. The summed E-state index contributed by atoms with van der Waals surface area (Å²) in [5, 5.41) is 0. The number of nitrogens with one attached hydrogen (secondary N) is 1. The summed E-state index contributed by atoms with van der Waals surface area (Å²) >= 11 is 0. The number of nitrogens with zero attached hydrogens (tertiary/aromatic N) is 3. The Balaban J connectivity index is 1.68. The summed E-state index contributed by atoms with van der Waals surface area (Å²) < 4.78 is 40.7.